The third-order valence-electron chi connectivity index (χ3n) is 4.30. The number of hydrogen-bond acceptors (Lipinski definition) is 7. The smallest absolute Gasteiger partial charge is 0.359 e. The molecule has 0 fully saturated rings. The summed E-state index contributed by atoms with van der Waals surface area (Å²) < 4.78 is 12.7. The fourth-order valence-corrected chi connectivity index (χ4v) is 3.25. The number of hydrogen-bond donors (Lipinski definition) is 0. The second-order valence-corrected chi connectivity index (χ2v) is 7.23. The highest BCUT2D eigenvalue weighted by Crippen LogP contribution is 2.27. The lowest BCUT2D eigenvalue weighted by molar-refractivity contribution is 0.0520. The molecule has 0 unspecified atom stereocenters. The Hall–Kier alpha value is -2.09. The van der Waals surface area contributed by atoms with Gasteiger partial charge in [-0.25, -0.2) is 19.4 Å². The minimum absolute atomic E-state index is 0.182. The van der Waals surface area contributed by atoms with E-state index in [9.17, 15) is 4.79 Å². The lowest BCUT2D eigenvalue weighted by Gasteiger charge is -2.07. The molecule has 0 spiro atoms. The number of aromatic nitrogens is 4. The number of aryl methyl sites for hydroxylation is 1. The first-order valence-electron chi connectivity index (χ1n) is 9.81. The van der Waals surface area contributed by atoms with Gasteiger partial charge in [0.25, 0.3) is 0 Å². The molecule has 0 bridgehead atoms. The zero-order chi connectivity index (χ0) is 20.4. The monoisotopic (exact) mass is 406 g/mol. The van der Waals surface area contributed by atoms with E-state index in [0.29, 0.717) is 28.7 Å². The van der Waals surface area contributed by atoms with Crippen LogP contribution in [0.2, 0.25) is 0 Å². The highest BCUT2D eigenvalue weighted by atomic mass is 32.2. The van der Waals surface area contributed by atoms with Gasteiger partial charge in [-0.2, -0.15) is 5.10 Å². The van der Waals surface area contributed by atoms with Crippen LogP contribution in [0.25, 0.3) is 11.0 Å². The number of ether oxygens (including phenoxy) is 2. The van der Waals surface area contributed by atoms with Gasteiger partial charge in [0.05, 0.1) is 13.2 Å². The van der Waals surface area contributed by atoms with Crippen LogP contribution in [0.4, 0.5) is 0 Å². The van der Waals surface area contributed by atoms with Gasteiger partial charge in [-0.05, 0) is 32.4 Å². The first-order valence-corrected chi connectivity index (χ1v) is 11.0. The molecule has 2 rings (SSSR count). The van der Waals surface area contributed by atoms with E-state index in [1.165, 1.54) is 37.4 Å². The van der Waals surface area contributed by atoms with Gasteiger partial charge in [0.2, 0.25) is 5.88 Å². The molecular weight excluding hydrogens is 376 g/mol. The van der Waals surface area contributed by atoms with Gasteiger partial charge < -0.3 is 9.47 Å². The molecule has 7 nitrogen and oxygen atoms in total. The fraction of sp³-hybridized carbons (Fsp3) is 0.600. The predicted octanol–water partition coefficient (Wildman–Crippen LogP) is 4.56. The number of carbonyl (C=O) groups excluding carboxylic acids is 1. The molecule has 154 valence electrons. The standard InChI is InChI=1S/C20H30N4O3S/c1-5-7-8-9-10-11-12-13-14-27-18-16-15(23-24(18)3)17(19(25)26-6-2)22-20(21-16)28-4/h5H,1,6-14H2,2-4H3. The van der Waals surface area contributed by atoms with Crippen LogP contribution in [-0.2, 0) is 11.8 Å². The van der Waals surface area contributed by atoms with Crippen molar-refractivity contribution in [2.24, 2.45) is 7.05 Å². The third-order valence-corrected chi connectivity index (χ3v) is 4.85. The molecule has 8 heteroatoms. The van der Waals surface area contributed by atoms with Crippen molar-refractivity contribution in [1.82, 2.24) is 19.7 Å². The number of rotatable bonds is 13. The molecule has 0 aromatic carbocycles. The molecule has 0 amide bonds. The number of nitrogens with zero attached hydrogens (tertiary/aromatic N) is 4. The van der Waals surface area contributed by atoms with Crippen molar-refractivity contribution in [3.63, 3.8) is 0 Å². The van der Waals surface area contributed by atoms with Crippen molar-refractivity contribution in [1.29, 1.82) is 0 Å². The Labute approximate surface area is 170 Å². The molecule has 0 saturated heterocycles. The zero-order valence-electron chi connectivity index (χ0n) is 17.1. The molecule has 0 aliphatic heterocycles. The van der Waals surface area contributed by atoms with Crippen LogP contribution in [0.3, 0.4) is 0 Å². The Kier molecular flexibility index (Phi) is 9.27. The molecule has 0 aliphatic carbocycles. The van der Waals surface area contributed by atoms with Gasteiger partial charge in [-0.1, -0.05) is 43.5 Å². The predicted molar refractivity (Wildman–Crippen MR) is 112 cm³/mol. The van der Waals surface area contributed by atoms with Crippen molar-refractivity contribution in [2.45, 2.75) is 57.0 Å². The Balaban J connectivity index is 2.00. The maximum Gasteiger partial charge on any atom is 0.359 e. The molecule has 2 aromatic heterocycles. The summed E-state index contributed by atoms with van der Waals surface area (Å²) in [5.74, 6) is 0.0653. The van der Waals surface area contributed by atoms with Crippen molar-refractivity contribution in [2.75, 3.05) is 19.5 Å². The number of thioether (sulfide) groups is 1. The summed E-state index contributed by atoms with van der Waals surface area (Å²) in [5, 5.41) is 4.89. The maximum absolute atomic E-state index is 12.3. The Morgan fingerprint density at radius 3 is 2.54 bits per heavy atom. The third kappa shape index (κ3) is 5.95. The van der Waals surface area contributed by atoms with E-state index >= 15 is 0 Å². The maximum atomic E-state index is 12.3. The van der Waals surface area contributed by atoms with Gasteiger partial charge in [-0.15, -0.1) is 6.58 Å². The van der Waals surface area contributed by atoms with E-state index in [2.05, 4.69) is 21.6 Å². The van der Waals surface area contributed by atoms with E-state index in [4.69, 9.17) is 9.47 Å². The first kappa shape index (κ1) is 22.2. The number of fused-ring (bicyclic) bond motifs is 1. The van der Waals surface area contributed by atoms with E-state index in [0.717, 1.165) is 19.3 Å². The molecule has 2 aromatic rings. The average molecular weight is 407 g/mol. The Morgan fingerprint density at radius 2 is 1.86 bits per heavy atom. The number of carbonyl (C=O) groups is 1. The fourth-order valence-electron chi connectivity index (χ4n) is 2.89. The normalized spacial score (nSPS) is 11.0. The Bertz CT molecular complexity index is 791. The van der Waals surface area contributed by atoms with Crippen LogP contribution in [0.5, 0.6) is 5.88 Å². The average Bonchev–Trinajstić information content (AvgIpc) is 3.01. The molecular formula is C20H30N4O3S. The van der Waals surface area contributed by atoms with E-state index in [1.54, 1.807) is 18.7 Å². The summed E-state index contributed by atoms with van der Waals surface area (Å²) >= 11 is 1.37. The van der Waals surface area contributed by atoms with Gasteiger partial charge in [-0.3, -0.25) is 0 Å². The van der Waals surface area contributed by atoms with Gasteiger partial charge in [0.15, 0.2) is 16.4 Å². The molecule has 0 aliphatic rings. The molecule has 0 N–H and O–H groups in total. The van der Waals surface area contributed by atoms with Crippen LogP contribution in [-0.4, -0.2) is 45.2 Å². The summed E-state index contributed by atoms with van der Waals surface area (Å²) in [7, 11) is 1.78. The highest BCUT2D eigenvalue weighted by molar-refractivity contribution is 7.98. The summed E-state index contributed by atoms with van der Waals surface area (Å²) in [6.45, 7) is 6.38. The van der Waals surface area contributed by atoms with Crippen molar-refractivity contribution in [3.8, 4) is 5.88 Å². The molecule has 0 saturated carbocycles. The lowest BCUT2D eigenvalue weighted by atomic mass is 10.1. The van der Waals surface area contributed by atoms with E-state index in [-0.39, 0.29) is 12.3 Å². The summed E-state index contributed by atoms with van der Waals surface area (Å²) in [6, 6.07) is 0. The van der Waals surface area contributed by atoms with Crippen LogP contribution >= 0.6 is 11.8 Å². The van der Waals surface area contributed by atoms with Crippen molar-refractivity contribution >= 4 is 28.8 Å². The quantitative estimate of drug-likeness (QED) is 0.159. The number of allylic oxidation sites excluding steroid dienone is 1. The highest BCUT2D eigenvalue weighted by Gasteiger charge is 2.23. The van der Waals surface area contributed by atoms with Crippen LogP contribution in [0, 0.1) is 0 Å². The minimum atomic E-state index is -0.494. The topological polar surface area (TPSA) is 79.1 Å². The first-order chi connectivity index (χ1) is 13.6. The number of unbranched alkanes of at least 4 members (excludes halogenated alkanes) is 6. The van der Waals surface area contributed by atoms with Crippen LogP contribution in [0.15, 0.2) is 17.8 Å². The summed E-state index contributed by atoms with van der Waals surface area (Å²) in [5.41, 5.74) is 1.14. The SMILES string of the molecule is C=CCCCCCCCCOc1c2nc(SC)nc(C(=O)OCC)c2nn1C. The van der Waals surface area contributed by atoms with Crippen molar-refractivity contribution < 1.29 is 14.3 Å². The van der Waals surface area contributed by atoms with Gasteiger partial charge in [0.1, 0.15) is 5.52 Å². The van der Waals surface area contributed by atoms with Crippen LogP contribution < -0.4 is 4.74 Å². The zero-order valence-corrected chi connectivity index (χ0v) is 17.9. The molecule has 28 heavy (non-hydrogen) atoms. The number of esters is 1. The molecule has 0 atom stereocenters. The molecule has 0 radical (unpaired) electrons. The van der Waals surface area contributed by atoms with E-state index in [1.807, 2.05) is 12.3 Å². The van der Waals surface area contributed by atoms with Crippen LogP contribution in [0.1, 0.15) is 62.4 Å². The largest absolute Gasteiger partial charge is 0.476 e. The van der Waals surface area contributed by atoms with Gasteiger partial charge >= 0.3 is 5.97 Å². The second-order valence-electron chi connectivity index (χ2n) is 6.45. The van der Waals surface area contributed by atoms with E-state index < -0.39 is 5.97 Å². The van der Waals surface area contributed by atoms with Gasteiger partial charge in [0, 0.05) is 7.05 Å². The summed E-state index contributed by atoms with van der Waals surface area (Å²) in [6.07, 6.45) is 12.0. The molecule has 2 heterocycles. The van der Waals surface area contributed by atoms with Crippen molar-refractivity contribution in [3.05, 3.63) is 18.3 Å². The lowest BCUT2D eigenvalue weighted by Crippen LogP contribution is -2.09. The second kappa shape index (κ2) is 11.7. The minimum Gasteiger partial charge on any atom is -0.476 e. The Morgan fingerprint density at radius 1 is 1.14 bits per heavy atom. The summed E-state index contributed by atoms with van der Waals surface area (Å²) in [4.78, 5) is 21.0.